The second-order valence-corrected chi connectivity index (χ2v) is 6.50. The third-order valence-corrected chi connectivity index (χ3v) is 4.27. The molecule has 1 aromatic heterocycles. The third-order valence-electron chi connectivity index (χ3n) is 4.27. The highest BCUT2D eigenvalue weighted by molar-refractivity contribution is 5.94. The lowest BCUT2D eigenvalue weighted by molar-refractivity contribution is -0.272. The molecule has 8 heteroatoms. The van der Waals surface area contributed by atoms with Gasteiger partial charge in [-0.05, 0) is 23.6 Å². The molecular weight excluding hydrogens is 347 g/mol. The molecule has 2 aromatic rings. The summed E-state index contributed by atoms with van der Waals surface area (Å²) in [4.78, 5) is 15.7. The first-order valence-corrected chi connectivity index (χ1v) is 8.21. The second-order valence-electron chi connectivity index (χ2n) is 6.50. The van der Waals surface area contributed by atoms with Crippen molar-refractivity contribution >= 4 is 5.91 Å². The van der Waals surface area contributed by atoms with Crippen LogP contribution in [0.3, 0.4) is 0 Å². The number of benzene rings is 1. The van der Waals surface area contributed by atoms with Gasteiger partial charge in [-0.15, -0.1) is 0 Å². The molecule has 1 unspecified atom stereocenters. The summed E-state index contributed by atoms with van der Waals surface area (Å²) in [5.41, 5.74) is -1.73. The van der Waals surface area contributed by atoms with Crippen LogP contribution in [-0.2, 0) is 12.6 Å². The Morgan fingerprint density at radius 3 is 2.35 bits per heavy atom. The van der Waals surface area contributed by atoms with Crippen molar-refractivity contribution in [1.29, 1.82) is 0 Å². The minimum Gasteiger partial charge on any atom is -0.374 e. The number of halogens is 3. The number of hydrogen-bond donors (Lipinski definition) is 2. The van der Waals surface area contributed by atoms with Crippen molar-refractivity contribution in [3.8, 4) is 0 Å². The molecule has 0 bridgehead atoms. The number of imidazole rings is 1. The molecule has 0 aliphatic carbocycles. The van der Waals surface area contributed by atoms with Crippen LogP contribution in [-0.4, -0.2) is 33.3 Å². The number of amides is 1. The van der Waals surface area contributed by atoms with E-state index in [0.717, 1.165) is 10.1 Å². The van der Waals surface area contributed by atoms with E-state index in [0.29, 0.717) is 11.5 Å². The number of nitrogens with one attached hydrogen (secondary N) is 1. The van der Waals surface area contributed by atoms with Gasteiger partial charge in [-0.2, -0.15) is 13.2 Å². The van der Waals surface area contributed by atoms with Gasteiger partial charge in [0.15, 0.2) is 0 Å². The van der Waals surface area contributed by atoms with Crippen LogP contribution >= 0.6 is 0 Å². The van der Waals surface area contributed by atoms with E-state index in [1.165, 1.54) is 19.4 Å². The van der Waals surface area contributed by atoms with Crippen molar-refractivity contribution in [3.63, 3.8) is 0 Å². The number of carbonyl (C=O) groups is 1. The summed E-state index contributed by atoms with van der Waals surface area (Å²) in [7, 11) is 1.37. The van der Waals surface area contributed by atoms with E-state index in [4.69, 9.17) is 0 Å². The number of rotatable bonds is 6. The van der Waals surface area contributed by atoms with Crippen molar-refractivity contribution in [1.82, 2.24) is 14.9 Å². The zero-order valence-electron chi connectivity index (χ0n) is 14.8. The van der Waals surface area contributed by atoms with Crippen LogP contribution in [0.15, 0.2) is 36.7 Å². The van der Waals surface area contributed by atoms with Gasteiger partial charge >= 0.3 is 6.18 Å². The number of aliphatic hydroxyl groups is 1. The molecule has 1 heterocycles. The zero-order chi connectivity index (χ0) is 19.5. The Labute approximate surface area is 149 Å². The lowest BCUT2D eigenvalue weighted by Crippen LogP contribution is -2.46. The average molecular weight is 369 g/mol. The van der Waals surface area contributed by atoms with Crippen LogP contribution in [0.25, 0.3) is 0 Å². The first-order chi connectivity index (χ1) is 12.1. The van der Waals surface area contributed by atoms with Gasteiger partial charge in [-0.25, -0.2) is 4.98 Å². The normalized spacial score (nSPS) is 14.3. The number of hydrogen-bond acceptors (Lipinski definition) is 3. The molecule has 0 spiro atoms. The van der Waals surface area contributed by atoms with Crippen molar-refractivity contribution < 1.29 is 23.1 Å². The Morgan fingerprint density at radius 2 is 1.88 bits per heavy atom. The maximum absolute atomic E-state index is 13.4. The molecule has 0 radical (unpaired) electrons. The molecule has 142 valence electrons. The van der Waals surface area contributed by atoms with Crippen molar-refractivity contribution in [2.24, 2.45) is 7.05 Å². The van der Waals surface area contributed by atoms with Gasteiger partial charge in [-0.1, -0.05) is 26.0 Å². The fraction of sp³-hybridized carbons (Fsp3) is 0.444. The molecule has 0 aliphatic rings. The smallest absolute Gasteiger partial charge is 0.374 e. The van der Waals surface area contributed by atoms with Crippen molar-refractivity contribution in [2.75, 3.05) is 6.54 Å². The minimum atomic E-state index is -4.92. The summed E-state index contributed by atoms with van der Waals surface area (Å²) in [6.45, 7) is 3.68. The maximum atomic E-state index is 13.4. The first-order valence-electron chi connectivity index (χ1n) is 8.21. The maximum Gasteiger partial charge on any atom is 0.424 e. The summed E-state index contributed by atoms with van der Waals surface area (Å²) in [6.07, 6.45) is -3.16. The minimum absolute atomic E-state index is 0.312. The molecule has 2 rings (SSSR count). The van der Waals surface area contributed by atoms with E-state index < -0.39 is 29.9 Å². The van der Waals surface area contributed by atoms with Gasteiger partial charge < -0.3 is 15.0 Å². The quantitative estimate of drug-likeness (QED) is 0.822. The predicted octanol–water partition coefficient (Wildman–Crippen LogP) is 3.11. The standard InChI is InChI=1S/C18H22F3N3O2/c1-12(2)13-4-6-14(7-5-13)15(25)22-9-8-17(26,18(19,20)21)16-23-10-11-24(16)3/h4-7,10-12,26H,8-9H2,1-3H3,(H,22,25). The third kappa shape index (κ3) is 4.07. The van der Waals surface area contributed by atoms with E-state index in [9.17, 15) is 23.1 Å². The fourth-order valence-corrected chi connectivity index (χ4v) is 2.62. The van der Waals surface area contributed by atoms with Crippen LogP contribution in [0.1, 0.15) is 47.9 Å². The van der Waals surface area contributed by atoms with E-state index in [-0.39, 0.29) is 6.54 Å². The highest BCUT2D eigenvalue weighted by Gasteiger charge is 2.57. The number of nitrogens with zero attached hydrogens (tertiary/aromatic N) is 2. The lowest BCUT2D eigenvalue weighted by atomic mass is 9.97. The molecular formula is C18H22F3N3O2. The number of aryl methyl sites for hydroxylation is 1. The largest absolute Gasteiger partial charge is 0.424 e. The summed E-state index contributed by atoms with van der Waals surface area (Å²) in [5, 5.41) is 12.6. The molecule has 1 atom stereocenters. The molecule has 0 saturated heterocycles. The van der Waals surface area contributed by atoms with Gasteiger partial charge in [0.2, 0.25) is 5.60 Å². The molecule has 26 heavy (non-hydrogen) atoms. The van der Waals surface area contributed by atoms with E-state index in [1.54, 1.807) is 24.3 Å². The van der Waals surface area contributed by atoms with E-state index in [1.807, 2.05) is 13.8 Å². The van der Waals surface area contributed by atoms with Gasteiger partial charge in [0.1, 0.15) is 5.82 Å². The summed E-state index contributed by atoms with van der Waals surface area (Å²) in [5.74, 6) is -0.697. The molecule has 0 aliphatic heterocycles. The van der Waals surface area contributed by atoms with Crippen molar-refractivity contribution in [3.05, 3.63) is 53.6 Å². The molecule has 0 saturated carbocycles. The SMILES string of the molecule is CC(C)c1ccc(C(=O)NCCC(O)(c2nccn2C)C(F)(F)F)cc1. The monoisotopic (exact) mass is 369 g/mol. The number of alkyl halides is 3. The lowest BCUT2D eigenvalue weighted by Gasteiger charge is -2.30. The fourth-order valence-electron chi connectivity index (χ4n) is 2.62. The van der Waals surface area contributed by atoms with Gasteiger partial charge in [0.25, 0.3) is 5.91 Å². The molecule has 1 aromatic carbocycles. The molecule has 2 N–H and O–H groups in total. The van der Waals surface area contributed by atoms with Crippen LogP contribution in [0.2, 0.25) is 0 Å². The summed E-state index contributed by atoms with van der Waals surface area (Å²) in [6, 6.07) is 6.86. The Morgan fingerprint density at radius 1 is 1.27 bits per heavy atom. The van der Waals surface area contributed by atoms with Gasteiger partial charge in [0, 0.05) is 38.0 Å². The number of carbonyl (C=O) groups excluding carboxylic acids is 1. The topological polar surface area (TPSA) is 67.2 Å². The summed E-state index contributed by atoms with van der Waals surface area (Å²) < 4.78 is 41.3. The Hall–Kier alpha value is -2.35. The Kier molecular flexibility index (Phi) is 5.75. The van der Waals surface area contributed by atoms with Crippen molar-refractivity contribution in [2.45, 2.75) is 38.0 Å². The average Bonchev–Trinajstić information content (AvgIpc) is 3.00. The summed E-state index contributed by atoms with van der Waals surface area (Å²) >= 11 is 0. The zero-order valence-corrected chi connectivity index (χ0v) is 14.8. The van der Waals surface area contributed by atoms with Crippen LogP contribution in [0.5, 0.6) is 0 Å². The Bertz CT molecular complexity index is 754. The highest BCUT2D eigenvalue weighted by atomic mass is 19.4. The Balaban J connectivity index is 2.06. The van der Waals surface area contributed by atoms with E-state index in [2.05, 4.69) is 10.3 Å². The first kappa shape index (κ1) is 20.0. The highest BCUT2D eigenvalue weighted by Crippen LogP contribution is 2.40. The van der Waals surface area contributed by atoms with Crippen LogP contribution in [0, 0.1) is 0 Å². The van der Waals surface area contributed by atoms with Crippen LogP contribution < -0.4 is 5.32 Å². The molecule has 5 nitrogen and oxygen atoms in total. The van der Waals surface area contributed by atoms with Gasteiger partial charge in [-0.3, -0.25) is 4.79 Å². The second kappa shape index (κ2) is 7.49. The van der Waals surface area contributed by atoms with Gasteiger partial charge in [0.05, 0.1) is 0 Å². The van der Waals surface area contributed by atoms with E-state index >= 15 is 0 Å². The predicted molar refractivity (Wildman–Crippen MR) is 90.6 cm³/mol. The molecule has 0 fully saturated rings. The molecule has 1 amide bonds. The van der Waals surface area contributed by atoms with Crippen LogP contribution in [0.4, 0.5) is 13.2 Å². The number of aromatic nitrogens is 2.